The Morgan fingerprint density at radius 2 is 1.79 bits per heavy atom. The van der Waals surface area contributed by atoms with Crippen molar-refractivity contribution in [3.63, 3.8) is 0 Å². The molecule has 3 amide bonds. The molecule has 0 unspecified atom stereocenters. The molecule has 1 N–H and O–H groups in total. The molecule has 1 aliphatic heterocycles. The number of carbonyl (C=O) groups excluding carboxylic acids is 4. The zero-order valence-electron chi connectivity index (χ0n) is 22.1. The molecule has 0 radical (unpaired) electrons. The highest BCUT2D eigenvalue weighted by Crippen LogP contribution is 2.34. The zero-order valence-corrected chi connectivity index (χ0v) is 22.9. The van der Waals surface area contributed by atoms with Crippen molar-refractivity contribution < 1.29 is 33.4 Å². The Kier molecular flexibility index (Phi) is 9.95. The van der Waals surface area contributed by atoms with Crippen LogP contribution in [0.25, 0.3) is 6.08 Å². The van der Waals surface area contributed by atoms with Gasteiger partial charge < -0.3 is 19.5 Å². The summed E-state index contributed by atoms with van der Waals surface area (Å²) in [5.41, 5.74) is 2.34. The molecule has 38 heavy (non-hydrogen) atoms. The monoisotopic (exact) mass is 540 g/mol. The van der Waals surface area contributed by atoms with Crippen molar-refractivity contribution in [1.82, 2.24) is 4.90 Å². The van der Waals surface area contributed by atoms with Crippen LogP contribution < -0.4 is 14.8 Å². The fourth-order valence-corrected chi connectivity index (χ4v) is 4.40. The van der Waals surface area contributed by atoms with Crippen molar-refractivity contribution in [3.8, 4) is 11.5 Å². The summed E-state index contributed by atoms with van der Waals surface area (Å²) in [6, 6.07) is 12.5. The minimum atomic E-state index is -0.637. The molecule has 1 saturated heterocycles. The number of benzene rings is 2. The van der Waals surface area contributed by atoms with E-state index in [9.17, 15) is 19.2 Å². The van der Waals surface area contributed by atoms with Crippen molar-refractivity contribution in [2.24, 2.45) is 5.92 Å². The van der Waals surface area contributed by atoms with Gasteiger partial charge in [-0.05, 0) is 59.0 Å². The highest BCUT2D eigenvalue weighted by Gasteiger charge is 2.36. The van der Waals surface area contributed by atoms with Gasteiger partial charge >= 0.3 is 5.97 Å². The van der Waals surface area contributed by atoms with Gasteiger partial charge in [-0.15, -0.1) is 0 Å². The van der Waals surface area contributed by atoms with Crippen molar-refractivity contribution in [2.45, 2.75) is 33.6 Å². The Bertz CT molecular complexity index is 1240. The second kappa shape index (κ2) is 13.1. The van der Waals surface area contributed by atoms with Crippen LogP contribution >= 0.6 is 11.8 Å². The van der Waals surface area contributed by atoms with Gasteiger partial charge in [0.15, 0.2) is 18.1 Å². The minimum absolute atomic E-state index is 0.145. The number of esters is 1. The second-order valence-corrected chi connectivity index (χ2v) is 10.3. The zero-order chi connectivity index (χ0) is 27.8. The summed E-state index contributed by atoms with van der Waals surface area (Å²) in [7, 11) is 1.46. The van der Waals surface area contributed by atoms with E-state index in [4.69, 9.17) is 14.2 Å². The fraction of sp³-hybridized carbons (Fsp3) is 0.357. The number of para-hydroxylation sites is 1. The van der Waals surface area contributed by atoms with Gasteiger partial charge in [-0.25, -0.2) is 0 Å². The maximum atomic E-state index is 12.7. The first-order valence-corrected chi connectivity index (χ1v) is 13.0. The van der Waals surface area contributed by atoms with Crippen LogP contribution in [0, 0.1) is 5.92 Å². The molecular weight excluding hydrogens is 508 g/mol. The van der Waals surface area contributed by atoms with Gasteiger partial charge in [0.2, 0.25) is 0 Å². The van der Waals surface area contributed by atoms with Crippen LogP contribution in [0.15, 0.2) is 47.4 Å². The molecule has 2 aromatic carbocycles. The van der Waals surface area contributed by atoms with Gasteiger partial charge in [0.05, 0.1) is 18.6 Å². The number of methoxy groups -OCH3 is 1. The first kappa shape index (κ1) is 28.8. The maximum absolute atomic E-state index is 12.7. The normalized spacial score (nSPS) is 14.4. The molecule has 0 atom stereocenters. The van der Waals surface area contributed by atoms with Crippen LogP contribution in [0.5, 0.6) is 11.5 Å². The van der Waals surface area contributed by atoms with Crippen molar-refractivity contribution in [1.29, 1.82) is 0 Å². The smallest absolute Gasteiger partial charge is 0.326 e. The minimum Gasteiger partial charge on any atom is -0.493 e. The highest BCUT2D eigenvalue weighted by atomic mass is 32.2. The maximum Gasteiger partial charge on any atom is 0.326 e. The van der Waals surface area contributed by atoms with Gasteiger partial charge in [-0.3, -0.25) is 24.1 Å². The standard InChI is InChI=1S/C28H32N2O7S/c1-17(2)15-37-26(32)14-30-27(33)24(38-28(30)34)13-19-10-11-22(23(12-19)35-5)36-16-25(31)29-21-9-7-6-8-20(21)18(3)4/h6-13,17-18H,14-16H2,1-5H3,(H,29,31)/b24-13-. The largest absolute Gasteiger partial charge is 0.493 e. The number of ether oxygens (including phenoxy) is 3. The molecule has 0 aliphatic carbocycles. The van der Waals surface area contributed by atoms with Gasteiger partial charge in [-0.1, -0.05) is 52.0 Å². The van der Waals surface area contributed by atoms with Crippen LogP contribution in [0.3, 0.4) is 0 Å². The molecular formula is C28H32N2O7S. The van der Waals surface area contributed by atoms with E-state index in [-0.39, 0.29) is 35.9 Å². The first-order valence-electron chi connectivity index (χ1n) is 12.2. The number of hydrogen-bond acceptors (Lipinski definition) is 8. The molecule has 0 spiro atoms. The Morgan fingerprint density at radius 1 is 1.05 bits per heavy atom. The molecule has 3 rings (SSSR count). The molecule has 0 saturated carbocycles. The lowest BCUT2D eigenvalue weighted by atomic mass is 10.0. The predicted octanol–water partition coefficient (Wildman–Crippen LogP) is 5.07. The van der Waals surface area contributed by atoms with Gasteiger partial charge in [-0.2, -0.15) is 0 Å². The summed E-state index contributed by atoms with van der Waals surface area (Å²) in [5, 5.41) is 2.33. The lowest BCUT2D eigenvalue weighted by Crippen LogP contribution is -2.34. The number of thioether (sulfide) groups is 1. The Morgan fingerprint density at radius 3 is 2.47 bits per heavy atom. The number of imide groups is 1. The molecule has 2 aromatic rings. The number of carbonyl (C=O) groups is 4. The molecule has 1 fully saturated rings. The summed E-state index contributed by atoms with van der Waals surface area (Å²) in [4.78, 5) is 50.6. The third kappa shape index (κ3) is 7.61. The van der Waals surface area contributed by atoms with Gasteiger partial charge in [0, 0.05) is 5.69 Å². The quantitative estimate of drug-likeness (QED) is 0.311. The van der Waals surface area contributed by atoms with E-state index >= 15 is 0 Å². The molecule has 10 heteroatoms. The highest BCUT2D eigenvalue weighted by molar-refractivity contribution is 8.18. The number of anilines is 1. The number of amides is 3. The average Bonchev–Trinajstić information content (AvgIpc) is 3.13. The molecule has 0 aromatic heterocycles. The van der Waals surface area contributed by atoms with E-state index in [0.29, 0.717) is 17.1 Å². The third-order valence-electron chi connectivity index (χ3n) is 5.44. The second-order valence-electron chi connectivity index (χ2n) is 9.33. The van der Waals surface area contributed by atoms with E-state index in [1.807, 2.05) is 38.1 Å². The fourth-order valence-electron chi connectivity index (χ4n) is 3.56. The van der Waals surface area contributed by atoms with Crippen molar-refractivity contribution in [3.05, 3.63) is 58.5 Å². The van der Waals surface area contributed by atoms with E-state index in [2.05, 4.69) is 19.2 Å². The van der Waals surface area contributed by atoms with Gasteiger partial charge in [0.25, 0.3) is 17.1 Å². The number of hydrogen-bond donors (Lipinski definition) is 1. The van der Waals surface area contributed by atoms with Gasteiger partial charge in [0.1, 0.15) is 6.54 Å². The number of rotatable bonds is 11. The number of nitrogens with zero attached hydrogens (tertiary/aromatic N) is 1. The average molecular weight is 541 g/mol. The summed E-state index contributed by atoms with van der Waals surface area (Å²) < 4.78 is 16.2. The Hall–Kier alpha value is -3.79. The SMILES string of the molecule is COc1cc(/C=C2\SC(=O)N(CC(=O)OCC(C)C)C2=O)ccc1OCC(=O)Nc1ccccc1C(C)C. The van der Waals surface area contributed by atoms with Crippen molar-refractivity contribution >= 4 is 46.5 Å². The topological polar surface area (TPSA) is 111 Å². The molecule has 9 nitrogen and oxygen atoms in total. The van der Waals surface area contributed by atoms with E-state index in [0.717, 1.165) is 27.9 Å². The van der Waals surface area contributed by atoms with Crippen LogP contribution in [-0.2, 0) is 19.1 Å². The van der Waals surface area contributed by atoms with Crippen LogP contribution in [0.1, 0.15) is 44.7 Å². The first-order chi connectivity index (χ1) is 18.1. The Balaban J connectivity index is 1.64. The number of nitrogens with one attached hydrogen (secondary N) is 1. The summed E-state index contributed by atoms with van der Waals surface area (Å²) >= 11 is 0.745. The summed E-state index contributed by atoms with van der Waals surface area (Å²) in [5.74, 6) is -0.429. The van der Waals surface area contributed by atoms with Crippen LogP contribution in [0.2, 0.25) is 0 Å². The molecule has 1 heterocycles. The Labute approximate surface area is 226 Å². The summed E-state index contributed by atoms with van der Waals surface area (Å²) in [6.45, 7) is 7.44. The molecule has 0 bridgehead atoms. The summed E-state index contributed by atoms with van der Waals surface area (Å²) in [6.07, 6.45) is 1.53. The van der Waals surface area contributed by atoms with E-state index in [1.54, 1.807) is 18.2 Å². The third-order valence-corrected chi connectivity index (χ3v) is 6.35. The lowest BCUT2D eigenvalue weighted by Gasteiger charge is -2.15. The van der Waals surface area contributed by atoms with Crippen molar-refractivity contribution in [2.75, 3.05) is 32.2 Å². The molecule has 202 valence electrons. The lowest BCUT2D eigenvalue weighted by molar-refractivity contribution is -0.147. The van der Waals surface area contributed by atoms with Crippen LogP contribution in [-0.4, -0.2) is 54.8 Å². The van der Waals surface area contributed by atoms with Crippen LogP contribution in [0.4, 0.5) is 10.5 Å². The molecule has 1 aliphatic rings. The van der Waals surface area contributed by atoms with E-state index in [1.165, 1.54) is 13.2 Å². The van der Waals surface area contributed by atoms with E-state index < -0.39 is 23.7 Å². The predicted molar refractivity (Wildman–Crippen MR) is 146 cm³/mol.